The molecular weight excluding hydrogens is 236 g/mol. The van der Waals surface area contributed by atoms with Crippen LogP contribution in [0.5, 0.6) is 0 Å². The molecule has 2 rings (SSSR count). The topological polar surface area (TPSA) is 32.3 Å². The highest BCUT2D eigenvalue weighted by atomic mass is 16.2. The van der Waals surface area contributed by atoms with E-state index in [4.69, 9.17) is 0 Å². The number of hydrogen-bond donors (Lipinski definition) is 1. The summed E-state index contributed by atoms with van der Waals surface area (Å²) in [6, 6.07) is 0.742. The molecule has 0 bridgehead atoms. The van der Waals surface area contributed by atoms with Crippen LogP contribution in [0, 0.1) is 5.92 Å². The first-order valence-corrected chi connectivity index (χ1v) is 8.37. The van der Waals surface area contributed by atoms with Crippen LogP contribution in [0.3, 0.4) is 0 Å². The van der Waals surface area contributed by atoms with E-state index in [-0.39, 0.29) is 6.03 Å². The third kappa shape index (κ3) is 4.12. The van der Waals surface area contributed by atoms with Crippen LogP contribution in [-0.2, 0) is 0 Å². The van der Waals surface area contributed by atoms with E-state index in [0.29, 0.717) is 6.04 Å². The number of nitrogens with zero attached hydrogens (tertiary/aromatic N) is 1. The minimum Gasteiger partial charge on any atom is -0.338 e. The molecule has 1 heterocycles. The third-order valence-corrected chi connectivity index (χ3v) is 4.81. The summed E-state index contributed by atoms with van der Waals surface area (Å²) in [7, 11) is 0. The number of carbonyl (C=O) groups excluding carboxylic acids is 1. The first kappa shape index (κ1) is 14.7. The maximum atomic E-state index is 12.3. The molecule has 1 saturated heterocycles. The van der Waals surface area contributed by atoms with E-state index in [9.17, 15) is 4.79 Å². The van der Waals surface area contributed by atoms with Crippen molar-refractivity contribution in [1.82, 2.24) is 10.2 Å². The van der Waals surface area contributed by atoms with E-state index < -0.39 is 0 Å². The summed E-state index contributed by atoms with van der Waals surface area (Å²) in [5.74, 6) is 0.786. The van der Waals surface area contributed by atoms with E-state index in [0.717, 1.165) is 25.4 Å². The Balaban J connectivity index is 1.74. The van der Waals surface area contributed by atoms with Gasteiger partial charge >= 0.3 is 6.03 Å². The first-order valence-electron chi connectivity index (χ1n) is 8.37. The zero-order valence-electron chi connectivity index (χ0n) is 12.5. The van der Waals surface area contributed by atoms with Crippen LogP contribution in [0.1, 0.15) is 71.1 Å². The van der Waals surface area contributed by atoms with Gasteiger partial charge in [-0.05, 0) is 38.0 Å². The highest BCUT2D eigenvalue weighted by Crippen LogP contribution is 2.35. The Morgan fingerprint density at radius 2 is 1.89 bits per heavy atom. The number of fused-ring (bicyclic) bond motifs is 1. The molecule has 2 atom stereocenters. The summed E-state index contributed by atoms with van der Waals surface area (Å²) in [6.45, 7) is 4.05. The Kier molecular flexibility index (Phi) is 5.99. The molecule has 3 heteroatoms. The summed E-state index contributed by atoms with van der Waals surface area (Å²) in [5, 5.41) is 3.13. The predicted octanol–water partition coefficient (Wildman–Crippen LogP) is 3.93. The summed E-state index contributed by atoms with van der Waals surface area (Å²) in [4.78, 5) is 14.4. The highest BCUT2D eigenvalue weighted by Gasteiger charge is 2.35. The number of amides is 2. The molecule has 1 aliphatic heterocycles. The molecule has 1 N–H and O–H groups in total. The molecule has 2 aliphatic rings. The first-order chi connectivity index (χ1) is 9.33. The number of urea groups is 1. The van der Waals surface area contributed by atoms with Crippen molar-refractivity contribution in [3.8, 4) is 0 Å². The standard InChI is InChI=1S/C16H30N2O/c1-2-3-4-7-12-17-16(19)18-13-8-10-14-9-5-6-11-15(14)18/h14-15H,2-13H2,1H3,(H,17,19)/t14-,15+/m0/s1. The van der Waals surface area contributed by atoms with Crippen molar-refractivity contribution in [3.05, 3.63) is 0 Å². The van der Waals surface area contributed by atoms with Gasteiger partial charge in [0.05, 0.1) is 0 Å². The minimum absolute atomic E-state index is 0.202. The van der Waals surface area contributed by atoms with Gasteiger partial charge in [0.2, 0.25) is 0 Å². The molecular formula is C16H30N2O. The van der Waals surface area contributed by atoms with Gasteiger partial charge in [-0.3, -0.25) is 0 Å². The summed E-state index contributed by atoms with van der Waals surface area (Å²) < 4.78 is 0. The maximum Gasteiger partial charge on any atom is 0.317 e. The largest absolute Gasteiger partial charge is 0.338 e. The van der Waals surface area contributed by atoms with Crippen LogP contribution in [0.4, 0.5) is 4.79 Å². The summed E-state index contributed by atoms with van der Waals surface area (Å²) in [6.07, 6.45) is 12.7. The van der Waals surface area contributed by atoms with Gasteiger partial charge in [0, 0.05) is 19.1 Å². The fraction of sp³-hybridized carbons (Fsp3) is 0.938. The molecule has 19 heavy (non-hydrogen) atoms. The van der Waals surface area contributed by atoms with Crippen LogP contribution < -0.4 is 5.32 Å². The average Bonchev–Trinajstić information content (AvgIpc) is 2.46. The van der Waals surface area contributed by atoms with Gasteiger partial charge in [-0.1, -0.05) is 39.0 Å². The Morgan fingerprint density at radius 3 is 2.74 bits per heavy atom. The number of hydrogen-bond acceptors (Lipinski definition) is 1. The lowest BCUT2D eigenvalue weighted by atomic mass is 9.78. The van der Waals surface area contributed by atoms with Crippen LogP contribution in [-0.4, -0.2) is 30.1 Å². The molecule has 110 valence electrons. The zero-order valence-corrected chi connectivity index (χ0v) is 12.5. The molecule has 1 aliphatic carbocycles. The zero-order chi connectivity index (χ0) is 13.5. The van der Waals surface area contributed by atoms with Gasteiger partial charge in [0.25, 0.3) is 0 Å². The maximum absolute atomic E-state index is 12.3. The Morgan fingerprint density at radius 1 is 1.11 bits per heavy atom. The van der Waals surface area contributed by atoms with Crippen LogP contribution in [0.2, 0.25) is 0 Å². The molecule has 0 unspecified atom stereocenters. The lowest BCUT2D eigenvalue weighted by Gasteiger charge is -2.44. The van der Waals surface area contributed by atoms with Gasteiger partial charge in [-0.25, -0.2) is 4.79 Å². The summed E-state index contributed by atoms with van der Waals surface area (Å²) >= 11 is 0. The van der Waals surface area contributed by atoms with Crippen molar-refractivity contribution in [2.75, 3.05) is 13.1 Å². The van der Waals surface area contributed by atoms with E-state index >= 15 is 0 Å². The monoisotopic (exact) mass is 266 g/mol. The lowest BCUT2D eigenvalue weighted by molar-refractivity contribution is 0.0842. The second-order valence-corrected chi connectivity index (χ2v) is 6.24. The van der Waals surface area contributed by atoms with Gasteiger partial charge in [0.1, 0.15) is 0 Å². The number of carbonyl (C=O) groups is 1. The van der Waals surface area contributed by atoms with E-state index in [1.54, 1.807) is 0 Å². The van der Waals surface area contributed by atoms with Crippen LogP contribution in [0.25, 0.3) is 0 Å². The smallest absolute Gasteiger partial charge is 0.317 e. The van der Waals surface area contributed by atoms with Gasteiger partial charge in [-0.15, -0.1) is 0 Å². The molecule has 0 aromatic carbocycles. The molecule has 1 saturated carbocycles. The molecule has 2 fully saturated rings. The van der Waals surface area contributed by atoms with Crippen LogP contribution >= 0.6 is 0 Å². The number of unbranched alkanes of at least 4 members (excludes halogenated alkanes) is 3. The lowest BCUT2D eigenvalue weighted by Crippen LogP contribution is -2.53. The fourth-order valence-electron chi connectivity index (χ4n) is 3.73. The number of piperidine rings is 1. The molecule has 0 radical (unpaired) electrons. The van der Waals surface area contributed by atoms with E-state index in [2.05, 4.69) is 17.1 Å². The van der Waals surface area contributed by atoms with E-state index in [1.165, 1.54) is 57.8 Å². The Bertz CT molecular complexity index is 278. The quantitative estimate of drug-likeness (QED) is 0.751. The Labute approximate surface area is 118 Å². The second-order valence-electron chi connectivity index (χ2n) is 6.24. The third-order valence-electron chi connectivity index (χ3n) is 4.81. The molecule has 2 amide bonds. The van der Waals surface area contributed by atoms with Crippen molar-refractivity contribution in [2.24, 2.45) is 5.92 Å². The summed E-state index contributed by atoms with van der Waals surface area (Å²) in [5.41, 5.74) is 0. The molecule has 0 spiro atoms. The van der Waals surface area contributed by atoms with Crippen molar-refractivity contribution < 1.29 is 4.79 Å². The number of rotatable bonds is 5. The Hall–Kier alpha value is -0.730. The number of nitrogens with one attached hydrogen (secondary N) is 1. The second kappa shape index (κ2) is 7.76. The van der Waals surface area contributed by atoms with Crippen molar-refractivity contribution in [2.45, 2.75) is 77.2 Å². The number of likely N-dealkylation sites (tertiary alicyclic amines) is 1. The van der Waals surface area contributed by atoms with Crippen LogP contribution in [0.15, 0.2) is 0 Å². The van der Waals surface area contributed by atoms with Crippen molar-refractivity contribution in [3.63, 3.8) is 0 Å². The van der Waals surface area contributed by atoms with Crippen molar-refractivity contribution in [1.29, 1.82) is 0 Å². The van der Waals surface area contributed by atoms with Crippen molar-refractivity contribution >= 4 is 6.03 Å². The van der Waals surface area contributed by atoms with E-state index in [1.807, 2.05) is 0 Å². The molecule has 0 aromatic rings. The predicted molar refractivity (Wildman–Crippen MR) is 79.2 cm³/mol. The average molecular weight is 266 g/mol. The fourth-order valence-corrected chi connectivity index (χ4v) is 3.73. The SMILES string of the molecule is CCCCCCNC(=O)N1CCC[C@@H]2CCCC[C@H]21. The van der Waals surface area contributed by atoms with Gasteiger partial charge < -0.3 is 10.2 Å². The van der Waals surface area contributed by atoms with Gasteiger partial charge in [-0.2, -0.15) is 0 Å². The molecule has 0 aromatic heterocycles. The minimum atomic E-state index is 0.202. The highest BCUT2D eigenvalue weighted by molar-refractivity contribution is 5.74. The van der Waals surface area contributed by atoms with Gasteiger partial charge in [0.15, 0.2) is 0 Å². The normalized spacial score (nSPS) is 26.9. The molecule has 3 nitrogen and oxygen atoms in total.